The van der Waals surface area contributed by atoms with Crippen molar-refractivity contribution in [2.24, 2.45) is 5.73 Å². The van der Waals surface area contributed by atoms with Crippen molar-refractivity contribution < 1.29 is 19.5 Å². The van der Waals surface area contributed by atoms with E-state index in [1.54, 1.807) is 0 Å². The van der Waals surface area contributed by atoms with Crippen LogP contribution in [0.1, 0.15) is 24.8 Å². The number of carbonyl (C=O) groups excluding carboxylic acids is 2. The summed E-state index contributed by atoms with van der Waals surface area (Å²) in [6.45, 7) is 0.398. The number of amides is 3. The van der Waals surface area contributed by atoms with E-state index in [1.807, 2.05) is 30.3 Å². The van der Waals surface area contributed by atoms with Gasteiger partial charge in [0.25, 0.3) is 0 Å². The second kappa shape index (κ2) is 9.38. The Morgan fingerprint density at radius 3 is 2.41 bits per heavy atom. The first kappa shape index (κ1) is 17.5. The van der Waals surface area contributed by atoms with Gasteiger partial charge in [-0.2, -0.15) is 0 Å². The van der Waals surface area contributed by atoms with Crippen LogP contribution in [-0.4, -0.2) is 35.6 Å². The summed E-state index contributed by atoms with van der Waals surface area (Å²) in [4.78, 5) is 33.4. The van der Waals surface area contributed by atoms with Gasteiger partial charge in [0.05, 0.1) is 0 Å². The van der Waals surface area contributed by atoms with Crippen molar-refractivity contribution in [3.8, 4) is 0 Å². The topological polar surface area (TPSA) is 122 Å². The van der Waals surface area contributed by atoms with E-state index in [0.29, 0.717) is 19.4 Å². The number of benzene rings is 1. The number of carbonyl (C=O) groups is 3. The minimum absolute atomic E-state index is 0.207. The van der Waals surface area contributed by atoms with Gasteiger partial charge < -0.3 is 21.5 Å². The Morgan fingerprint density at radius 1 is 1.14 bits per heavy atom. The number of urea groups is 1. The molecule has 5 N–H and O–H groups in total. The molecule has 120 valence electrons. The van der Waals surface area contributed by atoms with Crippen molar-refractivity contribution in [2.75, 3.05) is 6.54 Å². The number of unbranched alkanes of at least 4 members (excludes halogenated alkanes) is 1. The fraction of sp³-hybridized carbons (Fsp3) is 0.400. The summed E-state index contributed by atoms with van der Waals surface area (Å²) in [5.41, 5.74) is 5.76. The van der Waals surface area contributed by atoms with Gasteiger partial charge in [-0.15, -0.1) is 0 Å². The van der Waals surface area contributed by atoms with Crippen LogP contribution in [0.2, 0.25) is 0 Å². The Hall–Kier alpha value is -2.57. The van der Waals surface area contributed by atoms with Crippen molar-refractivity contribution >= 4 is 17.9 Å². The van der Waals surface area contributed by atoms with Gasteiger partial charge in [0.1, 0.15) is 6.04 Å². The summed E-state index contributed by atoms with van der Waals surface area (Å²) >= 11 is 0. The van der Waals surface area contributed by atoms with Crippen LogP contribution < -0.4 is 16.4 Å². The fourth-order valence-electron chi connectivity index (χ4n) is 1.94. The van der Waals surface area contributed by atoms with E-state index < -0.39 is 18.0 Å². The third kappa shape index (κ3) is 7.28. The van der Waals surface area contributed by atoms with E-state index in [1.165, 1.54) is 0 Å². The molecule has 0 aliphatic rings. The Bertz CT molecular complexity index is 505. The largest absolute Gasteiger partial charge is 0.480 e. The number of carboxylic acids is 1. The van der Waals surface area contributed by atoms with Crippen LogP contribution in [0.3, 0.4) is 0 Å². The third-order valence-corrected chi connectivity index (χ3v) is 3.05. The molecule has 0 spiro atoms. The standard InChI is InChI=1S/C15H21N3O4/c16-15(22)17-9-5-4-8-13(19)18-12(14(20)21)10-11-6-2-1-3-7-11/h1-3,6-7,12H,4-5,8-10H2,(H,18,19)(H,20,21)(H3,16,17,22)/t12-/m0/s1. The fourth-order valence-corrected chi connectivity index (χ4v) is 1.94. The Morgan fingerprint density at radius 2 is 1.82 bits per heavy atom. The normalized spacial score (nSPS) is 11.5. The molecular formula is C15H21N3O4. The molecule has 3 amide bonds. The molecule has 0 bridgehead atoms. The van der Waals surface area contributed by atoms with E-state index in [-0.39, 0.29) is 18.7 Å². The number of hydrogen-bond acceptors (Lipinski definition) is 3. The predicted molar refractivity (Wildman–Crippen MR) is 81.1 cm³/mol. The number of aliphatic carboxylic acids is 1. The number of rotatable bonds is 9. The van der Waals surface area contributed by atoms with Crippen molar-refractivity contribution in [1.82, 2.24) is 10.6 Å². The van der Waals surface area contributed by atoms with Gasteiger partial charge >= 0.3 is 12.0 Å². The highest BCUT2D eigenvalue weighted by Crippen LogP contribution is 2.04. The molecule has 22 heavy (non-hydrogen) atoms. The second-order valence-corrected chi connectivity index (χ2v) is 4.90. The average Bonchev–Trinajstić information content (AvgIpc) is 2.47. The van der Waals surface area contributed by atoms with Gasteiger partial charge in [0, 0.05) is 19.4 Å². The molecule has 0 fully saturated rings. The first-order valence-electron chi connectivity index (χ1n) is 7.08. The summed E-state index contributed by atoms with van der Waals surface area (Å²) in [6.07, 6.45) is 1.60. The summed E-state index contributed by atoms with van der Waals surface area (Å²) in [5.74, 6) is -1.38. The predicted octanol–water partition coefficient (Wildman–Crippen LogP) is 0.637. The molecule has 1 rings (SSSR count). The quantitative estimate of drug-likeness (QED) is 0.500. The molecule has 0 unspecified atom stereocenters. The molecule has 0 heterocycles. The van der Waals surface area contributed by atoms with E-state index >= 15 is 0 Å². The van der Waals surface area contributed by atoms with Crippen LogP contribution in [0.4, 0.5) is 4.79 Å². The highest BCUT2D eigenvalue weighted by atomic mass is 16.4. The van der Waals surface area contributed by atoms with Gasteiger partial charge in [0.2, 0.25) is 5.91 Å². The zero-order valence-electron chi connectivity index (χ0n) is 12.2. The van der Waals surface area contributed by atoms with Crippen LogP contribution in [-0.2, 0) is 16.0 Å². The molecule has 7 heteroatoms. The van der Waals surface area contributed by atoms with Gasteiger partial charge in [-0.25, -0.2) is 9.59 Å². The second-order valence-electron chi connectivity index (χ2n) is 4.90. The zero-order valence-corrected chi connectivity index (χ0v) is 12.2. The maximum atomic E-state index is 11.8. The number of primary amides is 1. The molecule has 0 aromatic heterocycles. The highest BCUT2D eigenvalue weighted by Gasteiger charge is 2.19. The smallest absolute Gasteiger partial charge is 0.326 e. The van der Waals surface area contributed by atoms with Crippen molar-refractivity contribution in [1.29, 1.82) is 0 Å². The zero-order chi connectivity index (χ0) is 16.4. The highest BCUT2D eigenvalue weighted by molar-refractivity contribution is 5.83. The number of nitrogens with one attached hydrogen (secondary N) is 2. The first-order chi connectivity index (χ1) is 10.5. The maximum absolute atomic E-state index is 11.8. The summed E-state index contributed by atoms with van der Waals surface area (Å²) in [6, 6.07) is 7.58. The SMILES string of the molecule is NC(=O)NCCCCC(=O)N[C@@H](Cc1ccccc1)C(=O)O. The van der Waals surface area contributed by atoms with Crippen molar-refractivity contribution in [2.45, 2.75) is 31.7 Å². The lowest BCUT2D eigenvalue weighted by atomic mass is 10.1. The van der Waals surface area contributed by atoms with Gasteiger partial charge in [-0.3, -0.25) is 4.79 Å². The van der Waals surface area contributed by atoms with Crippen LogP contribution >= 0.6 is 0 Å². The molecule has 0 saturated heterocycles. The molecular weight excluding hydrogens is 286 g/mol. The number of hydrogen-bond donors (Lipinski definition) is 4. The number of carboxylic acid groups (broad SMARTS) is 1. The van der Waals surface area contributed by atoms with Crippen LogP contribution in [0.15, 0.2) is 30.3 Å². The number of nitrogens with two attached hydrogens (primary N) is 1. The Labute approximate surface area is 128 Å². The summed E-state index contributed by atoms with van der Waals surface area (Å²) < 4.78 is 0. The van der Waals surface area contributed by atoms with Gasteiger partial charge in [-0.1, -0.05) is 30.3 Å². The first-order valence-corrected chi connectivity index (χ1v) is 7.08. The van der Waals surface area contributed by atoms with Crippen molar-refractivity contribution in [3.63, 3.8) is 0 Å². The molecule has 0 aliphatic heterocycles. The van der Waals surface area contributed by atoms with Crippen LogP contribution in [0.25, 0.3) is 0 Å². The molecule has 0 saturated carbocycles. The molecule has 7 nitrogen and oxygen atoms in total. The molecule has 0 aliphatic carbocycles. The Kier molecular flexibility index (Phi) is 7.45. The lowest BCUT2D eigenvalue weighted by Gasteiger charge is -2.14. The van der Waals surface area contributed by atoms with E-state index in [9.17, 15) is 19.5 Å². The third-order valence-electron chi connectivity index (χ3n) is 3.05. The molecule has 1 aromatic carbocycles. The van der Waals surface area contributed by atoms with E-state index in [4.69, 9.17) is 5.73 Å². The summed E-state index contributed by atoms with van der Waals surface area (Å²) in [5, 5.41) is 14.1. The van der Waals surface area contributed by atoms with E-state index in [2.05, 4.69) is 10.6 Å². The molecule has 0 radical (unpaired) electrons. The molecule has 1 aromatic rings. The minimum atomic E-state index is -1.06. The van der Waals surface area contributed by atoms with E-state index in [0.717, 1.165) is 5.56 Å². The maximum Gasteiger partial charge on any atom is 0.326 e. The minimum Gasteiger partial charge on any atom is -0.480 e. The summed E-state index contributed by atoms with van der Waals surface area (Å²) in [7, 11) is 0. The average molecular weight is 307 g/mol. The van der Waals surface area contributed by atoms with Crippen LogP contribution in [0, 0.1) is 0 Å². The monoisotopic (exact) mass is 307 g/mol. The van der Waals surface area contributed by atoms with Crippen molar-refractivity contribution in [3.05, 3.63) is 35.9 Å². The van der Waals surface area contributed by atoms with Gasteiger partial charge in [-0.05, 0) is 18.4 Å². The lowest BCUT2D eigenvalue weighted by molar-refractivity contribution is -0.141. The van der Waals surface area contributed by atoms with Crippen LogP contribution in [0.5, 0.6) is 0 Å². The Balaban J connectivity index is 2.35. The van der Waals surface area contributed by atoms with Gasteiger partial charge in [0.15, 0.2) is 0 Å². The molecule has 1 atom stereocenters. The lowest BCUT2D eigenvalue weighted by Crippen LogP contribution is -2.42.